The minimum Gasteiger partial charge on any atom is -0.378 e. The van der Waals surface area contributed by atoms with Crippen molar-refractivity contribution in [2.45, 2.75) is 56.5 Å². The number of carbonyl (C=O) groups excluding carboxylic acids is 1. The van der Waals surface area contributed by atoms with Gasteiger partial charge in [0.25, 0.3) is 5.91 Å². The van der Waals surface area contributed by atoms with Crippen molar-refractivity contribution < 1.29 is 18.0 Å². The van der Waals surface area contributed by atoms with Crippen LogP contribution in [0.2, 0.25) is 0 Å². The molecule has 27 heavy (non-hydrogen) atoms. The third-order valence-corrected chi connectivity index (χ3v) is 5.96. The molecule has 1 aromatic rings. The normalized spacial score (nSPS) is 21.8. The van der Waals surface area contributed by atoms with Crippen LogP contribution in [0.15, 0.2) is 40.5 Å². The molecule has 0 saturated heterocycles. The number of amides is 1. The second-order valence-electron chi connectivity index (χ2n) is 6.84. The van der Waals surface area contributed by atoms with Crippen LogP contribution in [0.1, 0.15) is 55.4 Å². The molecule has 1 fully saturated rings. The first-order valence-electron chi connectivity index (χ1n) is 8.96. The minimum atomic E-state index is -4.51. The number of halogens is 3. The molecule has 1 aromatic carbocycles. The van der Waals surface area contributed by atoms with E-state index in [0.29, 0.717) is 5.70 Å². The van der Waals surface area contributed by atoms with Gasteiger partial charge < -0.3 is 11.1 Å². The Balaban J connectivity index is 1.97. The van der Waals surface area contributed by atoms with E-state index >= 15 is 0 Å². The predicted molar refractivity (Wildman–Crippen MR) is 101 cm³/mol. The summed E-state index contributed by atoms with van der Waals surface area (Å²) in [6.07, 6.45) is 0.499. The summed E-state index contributed by atoms with van der Waals surface area (Å²) in [5, 5.41) is 2.30. The Hall–Kier alpha value is -1.96. The third-order valence-electron chi connectivity index (χ3n) is 4.90. The van der Waals surface area contributed by atoms with Crippen molar-refractivity contribution in [1.29, 1.82) is 0 Å². The first kappa shape index (κ1) is 19.8. The summed E-state index contributed by atoms with van der Waals surface area (Å²) in [6, 6.07) is 5.37. The maximum Gasteiger partial charge on any atom is 0.416 e. The number of nitrogens with one attached hydrogen (secondary N) is 1. The summed E-state index contributed by atoms with van der Waals surface area (Å²) in [5.74, 6) is -0.356. The zero-order chi connectivity index (χ0) is 19.6. The first-order valence-corrected chi connectivity index (χ1v) is 9.84. The number of hydrogen-bond acceptors (Lipinski definition) is 4. The van der Waals surface area contributed by atoms with Crippen molar-refractivity contribution in [2.75, 3.05) is 0 Å². The van der Waals surface area contributed by atoms with E-state index in [2.05, 4.69) is 10.3 Å². The Morgan fingerprint density at radius 2 is 1.89 bits per heavy atom. The molecular formula is C19H22F3N3OS. The highest BCUT2D eigenvalue weighted by molar-refractivity contribution is 8.14. The fourth-order valence-electron chi connectivity index (χ4n) is 3.62. The molecule has 1 heterocycles. The summed E-state index contributed by atoms with van der Waals surface area (Å²) in [7, 11) is 0. The van der Waals surface area contributed by atoms with Crippen molar-refractivity contribution in [3.63, 3.8) is 0 Å². The molecule has 0 aromatic heterocycles. The SMILES string of the molecule is CC1=C(C(=O)NC2CCCCC2)C(c2ccccc2C(F)(F)F)SC(N)=N1. The Bertz CT molecular complexity index is 783. The summed E-state index contributed by atoms with van der Waals surface area (Å²) in [4.78, 5) is 17.1. The molecule has 1 aliphatic carbocycles. The topological polar surface area (TPSA) is 67.5 Å². The maximum atomic E-state index is 13.5. The lowest BCUT2D eigenvalue weighted by molar-refractivity contribution is -0.138. The van der Waals surface area contributed by atoms with Gasteiger partial charge in [-0.3, -0.25) is 4.79 Å². The largest absolute Gasteiger partial charge is 0.416 e. The fraction of sp³-hybridized carbons (Fsp3) is 0.474. The summed E-state index contributed by atoms with van der Waals surface area (Å²) in [6.45, 7) is 1.62. The molecule has 1 unspecified atom stereocenters. The molecule has 0 radical (unpaired) electrons. The Morgan fingerprint density at radius 1 is 1.22 bits per heavy atom. The van der Waals surface area contributed by atoms with Gasteiger partial charge >= 0.3 is 6.18 Å². The third kappa shape index (κ3) is 4.48. The fourth-order valence-corrected chi connectivity index (χ4v) is 4.78. The summed E-state index contributed by atoms with van der Waals surface area (Å²) in [5.41, 5.74) is 5.71. The van der Waals surface area contributed by atoms with Crippen LogP contribution in [0.3, 0.4) is 0 Å². The highest BCUT2D eigenvalue weighted by Gasteiger charge is 2.39. The molecule has 146 valence electrons. The Morgan fingerprint density at radius 3 is 2.56 bits per heavy atom. The van der Waals surface area contributed by atoms with E-state index in [1.165, 1.54) is 12.1 Å². The zero-order valence-corrected chi connectivity index (χ0v) is 15.8. The van der Waals surface area contributed by atoms with Crippen LogP contribution in [-0.4, -0.2) is 17.1 Å². The lowest BCUT2D eigenvalue weighted by Gasteiger charge is -2.29. The number of benzene rings is 1. The van der Waals surface area contributed by atoms with E-state index in [-0.39, 0.29) is 28.3 Å². The first-order chi connectivity index (χ1) is 12.8. The predicted octanol–water partition coefficient (Wildman–Crippen LogP) is 4.53. The van der Waals surface area contributed by atoms with Crippen molar-refractivity contribution in [3.8, 4) is 0 Å². The molecular weight excluding hydrogens is 375 g/mol. The Kier molecular flexibility index (Phi) is 5.83. The van der Waals surface area contributed by atoms with E-state index in [0.717, 1.165) is 49.9 Å². The summed E-state index contributed by atoms with van der Waals surface area (Å²) < 4.78 is 40.5. The van der Waals surface area contributed by atoms with Crippen LogP contribution < -0.4 is 11.1 Å². The van der Waals surface area contributed by atoms with Gasteiger partial charge in [-0.2, -0.15) is 13.2 Å². The maximum absolute atomic E-state index is 13.5. The molecule has 3 rings (SSSR count). The molecule has 3 N–H and O–H groups in total. The van der Waals surface area contributed by atoms with Gasteiger partial charge in [0.2, 0.25) is 0 Å². The quantitative estimate of drug-likeness (QED) is 0.787. The number of nitrogens with two attached hydrogens (primary N) is 1. The second kappa shape index (κ2) is 7.96. The molecule has 1 aliphatic heterocycles. The molecule has 1 atom stereocenters. The van der Waals surface area contributed by atoms with Crippen molar-refractivity contribution in [2.24, 2.45) is 10.7 Å². The van der Waals surface area contributed by atoms with E-state index in [4.69, 9.17) is 5.73 Å². The van der Waals surface area contributed by atoms with Gasteiger partial charge in [-0.15, -0.1) is 0 Å². The number of aliphatic imine (C=N–C) groups is 1. The van der Waals surface area contributed by atoms with Gasteiger partial charge in [0.1, 0.15) is 0 Å². The minimum absolute atomic E-state index is 0.0287. The number of alkyl halides is 3. The van der Waals surface area contributed by atoms with Crippen LogP contribution in [0.4, 0.5) is 13.2 Å². The van der Waals surface area contributed by atoms with E-state index in [9.17, 15) is 18.0 Å². The van der Waals surface area contributed by atoms with Gasteiger partial charge in [-0.1, -0.05) is 49.2 Å². The number of allylic oxidation sites excluding steroid dienone is 1. The van der Waals surface area contributed by atoms with Crippen LogP contribution in [0.25, 0.3) is 0 Å². The van der Waals surface area contributed by atoms with E-state index in [1.54, 1.807) is 13.0 Å². The number of rotatable bonds is 3. The van der Waals surface area contributed by atoms with Crippen LogP contribution in [0.5, 0.6) is 0 Å². The number of nitrogens with zero attached hydrogens (tertiary/aromatic N) is 1. The number of thioether (sulfide) groups is 1. The van der Waals surface area contributed by atoms with Gasteiger partial charge in [0.15, 0.2) is 5.17 Å². The number of carbonyl (C=O) groups is 1. The van der Waals surface area contributed by atoms with Crippen molar-refractivity contribution in [1.82, 2.24) is 5.32 Å². The molecule has 0 bridgehead atoms. The van der Waals surface area contributed by atoms with E-state index in [1.807, 2.05) is 0 Å². The molecule has 0 spiro atoms. The van der Waals surface area contributed by atoms with Crippen LogP contribution >= 0.6 is 11.8 Å². The lowest BCUT2D eigenvalue weighted by atomic mass is 9.93. The average Bonchev–Trinajstić information content (AvgIpc) is 2.61. The summed E-state index contributed by atoms with van der Waals surface area (Å²) >= 11 is 0.981. The van der Waals surface area contributed by atoms with Crippen molar-refractivity contribution in [3.05, 3.63) is 46.7 Å². The number of amidine groups is 1. The van der Waals surface area contributed by atoms with E-state index < -0.39 is 17.0 Å². The lowest BCUT2D eigenvalue weighted by Crippen LogP contribution is -2.39. The molecule has 8 heteroatoms. The molecule has 2 aliphatic rings. The van der Waals surface area contributed by atoms with Crippen molar-refractivity contribution >= 4 is 22.8 Å². The van der Waals surface area contributed by atoms with Gasteiger partial charge in [-0.05, 0) is 31.4 Å². The van der Waals surface area contributed by atoms with Crippen LogP contribution in [0, 0.1) is 0 Å². The standard InChI is InChI=1S/C19H22F3N3OS/c1-11-15(17(26)25-12-7-3-2-4-8-12)16(27-18(23)24-11)13-9-5-6-10-14(13)19(20,21)22/h5-6,9-10,12,16H,2-4,7-8H2,1H3,(H2,23,24)(H,25,26). The second-order valence-corrected chi connectivity index (χ2v) is 7.97. The average molecular weight is 397 g/mol. The molecule has 4 nitrogen and oxygen atoms in total. The van der Waals surface area contributed by atoms with Crippen LogP contribution in [-0.2, 0) is 11.0 Å². The monoisotopic (exact) mass is 397 g/mol. The van der Waals surface area contributed by atoms with Gasteiger partial charge in [0, 0.05) is 6.04 Å². The number of hydrogen-bond donors (Lipinski definition) is 2. The highest BCUT2D eigenvalue weighted by atomic mass is 32.2. The molecule has 1 saturated carbocycles. The van der Waals surface area contributed by atoms with Gasteiger partial charge in [0.05, 0.1) is 22.1 Å². The Labute approximate surface area is 160 Å². The smallest absolute Gasteiger partial charge is 0.378 e. The van der Waals surface area contributed by atoms with Gasteiger partial charge in [-0.25, -0.2) is 4.99 Å². The zero-order valence-electron chi connectivity index (χ0n) is 15.0. The highest BCUT2D eigenvalue weighted by Crippen LogP contribution is 2.45. The molecule has 1 amide bonds.